The molecule has 1 heterocycles. The van der Waals surface area contributed by atoms with Crippen LogP contribution < -0.4 is 4.72 Å². The molecule has 0 radical (unpaired) electrons. The van der Waals surface area contributed by atoms with Gasteiger partial charge >= 0.3 is 0 Å². The summed E-state index contributed by atoms with van der Waals surface area (Å²) in [6.07, 6.45) is 1.14. The quantitative estimate of drug-likeness (QED) is 0.773. The minimum atomic E-state index is -3.41. The summed E-state index contributed by atoms with van der Waals surface area (Å²) in [6.45, 7) is 7.01. The Morgan fingerprint density at radius 1 is 1.08 bits per heavy atom. The van der Waals surface area contributed by atoms with Crippen molar-refractivity contribution in [2.24, 2.45) is 0 Å². The Kier molecular flexibility index (Phi) is 4.33. The van der Waals surface area contributed by atoms with Gasteiger partial charge in [0.2, 0.25) is 16.0 Å². The van der Waals surface area contributed by atoms with Crippen molar-refractivity contribution in [1.29, 1.82) is 0 Å². The van der Waals surface area contributed by atoms with E-state index in [-0.39, 0.29) is 5.41 Å². The number of sulfonamides is 1. The van der Waals surface area contributed by atoms with Crippen molar-refractivity contribution >= 4 is 27.0 Å². The van der Waals surface area contributed by atoms with Gasteiger partial charge in [0.25, 0.3) is 0 Å². The van der Waals surface area contributed by atoms with E-state index in [2.05, 4.69) is 36.5 Å². The van der Waals surface area contributed by atoms with E-state index in [1.54, 1.807) is 0 Å². The van der Waals surface area contributed by atoms with E-state index in [0.29, 0.717) is 12.5 Å². The molecule has 0 amide bonds. The lowest BCUT2D eigenvalue weighted by molar-refractivity contribution is 0.590. The van der Waals surface area contributed by atoms with Gasteiger partial charge in [-0.3, -0.25) is 4.72 Å². The molecule has 132 valence electrons. The van der Waals surface area contributed by atoms with E-state index in [0.717, 1.165) is 22.9 Å². The highest BCUT2D eigenvalue weighted by Gasteiger charge is 2.18. The number of benzene rings is 2. The van der Waals surface area contributed by atoms with Gasteiger partial charge in [0, 0.05) is 0 Å². The van der Waals surface area contributed by atoms with E-state index in [9.17, 15) is 8.42 Å². The van der Waals surface area contributed by atoms with Crippen LogP contribution in [0.25, 0.3) is 11.0 Å². The molecule has 0 atom stereocenters. The van der Waals surface area contributed by atoms with Gasteiger partial charge in [0.05, 0.1) is 23.8 Å². The third-order valence-electron chi connectivity index (χ3n) is 4.07. The van der Waals surface area contributed by atoms with Crippen molar-refractivity contribution in [3.8, 4) is 0 Å². The molecule has 5 nitrogen and oxygen atoms in total. The molecule has 0 spiro atoms. The molecule has 1 aromatic heterocycles. The summed E-state index contributed by atoms with van der Waals surface area (Å²) in [5.74, 6) is 0.340. The summed E-state index contributed by atoms with van der Waals surface area (Å²) >= 11 is 0. The van der Waals surface area contributed by atoms with Crippen LogP contribution in [0.5, 0.6) is 0 Å². The Hall–Kier alpha value is -2.34. The first-order valence-electron chi connectivity index (χ1n) is 8.16. The highest BCUT2D eigenvalue weighted by molar-refractivity contribution is 7.92. The molecule has 2 aromatic carbocycles. The van der Waals surface area contributed by atoms with Crippen LogP contribution in [0.2, 0.25) is 0 Å². The van der Waals surface area contributed by atoms with E-state index in [1.165, 1.54) is 5.56 Å². The summed E-state index contributed by atoms with van der Waals surface area (Å²) in [6, 6.07) is 16.0. The van der Waals surface area contributed by atoms with E-state index < -0.39 is 10.0 Å². The van der Waals surface area contributed by atoms with Crippen LogP contribution in [0.3, 0.4) is 0 Å². The van der Waals surface area contributed by atoms with Crippen molar-refractivity contribution in [1.82, 2.24) is 9.55 Å². The van der Waals surface area contributed by atoms with Gasteiger partial charge in [-0.1, -0.05) is 57.2 Å². The molecule has 0 aliphatic carbocycles. The molecule has 0 aliphatic heterocycles. The van der Waals surface area contributed by atoms with Gasteiger partial charge in [-0.2, -0.15) is 0 Å². The normalized spacial score (nSPS) is 12.5. The maximum absolute atomic E-state index is 11.7. The van der Waals surface area contributed by atoms with Gasteiger partial charge < -0.3 is 4.57 Å². The maximum Gasteiger partial charge on any atom is 0.232 e. The standard InChI is InChI=1S/C19H23N3O2S/c1-19(2,3)15-10-11-16-17(12-15)22(13-14-8-6-5-7-9-14)18(20-16)21-25(4,23)24/h5-12H,13H2,1-4H3,(H,20,21). The molecule has 0 saturated heterocycles. The van der Waals surface area contributed by atoms with Gasteiger partial charge in [-0.15, -0.1) is 0 Å². The number of fused-ring (bicyclic) bond motifs is 1. The first-order valence-corrected chi connectivity index (χ1v) is 10.1. The van der Waals surface area contributed by atoms with E-state index >= 15 is 0 Å². The van der Waals surface area contributed by atoms with E-state index in [1.807, 2.05) is 47.0 Å². The fourth-order valence-electron chi connectivity index (χ4n) is 2.76. The van der Waals surface area contributed by atoms with Crippen molar-refractivity contribution in [3.63, 3.8) is 0 Å². The maximum atomic E-state index is 11.7. The number of rotatable bonds is 4. The minimum Gasteiger partial charge on any atom is -0.305 e. The summed E-state index contributed by atoms with van der Waals surface area (Å²) < 4.78 is 27.9. The monoisotopic (exact) mass is 357 g/mol. The fraction of sp³-hybridized carbons (Fsp3) is 0.316. The lowest BCUT2D eigenvalue weighted by Crippen LogP contribution is -2.15. The van der Waals surface area contributed by atoms with Crippen LogP contribution in [0, 0.1) is 0 Å². The van der Waals surface area contributed by atoms with Gasteiger partial charge in [0.1, 0.15) is 0 Å². The number of aromatic nitrogens is 2. The number of hydrogen-bond acceptors (Lipinski definition) is 3. The second kappa shape index (κ2) is 6.19. The van der Waals surface area contributed by atoms with Gasteiger partial charge in [-0.05, 0) is 28.7 Å². The van der Waals surface area contributed by atoms with Crippen LogP contribution in [-0.4, -0.2) is 24.2 Å². The average Bonchev–Trinajstić information content (AvgIpc) is 2.82. The Morgan fingerprint density at radius 3 is 2.36 bits per heavy atom. The van der Waals surface area contributed by atoms with Gasteiger partial charge in [-0.25, -0.2) is 13.4 Å². The van der Waals surface area contributed by atoms with E-state index in [4.69, 9.17) is 0 Å². The molecule has 25 heavy (non-hydrogen) atoms. The molecule has 0 fully saturated rings. The lowest BCUT2D eigenvalue weighted by Gasteiger charge is -2.19. The number of anilines is 1. The molecule has 6 heteroatoms. The van der Waals surface area contributed by atoms with Crippen molar-refractivity contribution < 1.29 is 8.42 Å². The molecule has 3 rings (SSSR count). The summed E-state index contributed by atoms with van der Waals surface area (Å²) in [5.41, 5.74) is 3.96. The zero-order valence-electron chi connectivity index (χ0n) is 14.9. The van der Waals surface area contributed by atoms with Crippen molar-refractivity contribution in [2.75, 3.05) is 11.0 Å². The largest absolute Gasteiger partial charge is 0.305 e. The predicted molar refractivity (Wildman–Crippen MR) is 102 cm³/mol. The molecule has 1 N–H and O–H groups in total. The van der Waals surface area contributed by atoms with Crippen LogP contribution in [0.15, 0.2) is 48.5 Å². The molecule has 0 saturated carbocycles. The highest BCUT2D eigenvalue weighted by atomic mass is 32.2. The zero-order chi connectivity index (χ0) is 18.2. The topological polar surface area (TPSA) is 64.0 Å². The first-order chi connectivity index (χ1) is 11.6. The number of nitrogens with one attached hydrogen (secondary N) is 1. The second-order valence-corrected chi connectivity index (χ2v) is 9.08. The van der Waals surface area contributed by atoms with Gasteiger partial charge in [0.15, 0.2) is 0 Å². The summed E-state index contributed by atoms with van der Waals surface area (Å²) in [7, 11) is -3.41. The fourth-order valence-corrected chi connectivity index (χ4v) is 3.25. The second-order valence-electron chi connectivity index (χ2n) is 7.33. The minimum absolute atomic E-state index is 0.000458. The van der Waals surface area contributed by atoms with Crippen LogP contribution >= 0.6 is 0 Å². The number of imidazole rings is 1. The molecule has 0 bridgehead atoms. The van der Waals surface area contributed by atoms with Crippen molar-refractivity contribution in [3.05, 3.63) is 59.7 Å². The number of hydrogen-bond donors (Lipinski definition) is 1. The molecule has 0 aliphatic rings. The SMILES string of the molecule is CC(C)(C)c1ccc2nc(NS(C)(=O)=O)n(Cc3ccccc3)c2c1. The predicted octanol–water partition coefficient (Wildman–Crippen LogP) is 3.75. The van der Waals surface area contributed by atoms with Crippen LogP contribution in [-0.2, 0) is 22.0 Å². The summed E-state index contributed by atoms with van der Waals surface area (Å²) in [4.78, 5) is 4.49. The smallest absolute Gasteiger partial charge is 0.232 e. The Balaban J connectivity index is 2.18. The Labute approximate surface area is 148 Å². The number of nitrogens with zero attached hydrogens (tertiary/aromatic N) is 2. The lowest BCUT2D eigenvalue weighted by atomic mass is 9.87. The highest BCUT2D eigenvalue weighted by Crippen LogP contribution is 2.28. The molecular formula is C19H23N3O2S. The van der Waals surface area contributed by atoms with Crippen molar-refractivity contribution in [2.45, 2.75) is 32.7 Å². The third kappa shape index (κ3) is 4.02. The Bertz CT molecular complexity index is 1000. The molecular weight excluding hydrogens is 334 g/mol. The molecule has 3 aromatic rings. The first kappa shape index (κ1) is 17.5. The zero-order valence-corrected chi connectivity index (χ0v) is 15.8. The average molecular weight is 357 g/mol. The third-order valence-corrected chi connectivity index (χ3v) is 4.63. The Morgan fingerprint density at radius 2 is 1.76 bits per heavy atom. The van der Waals surface area contributed by atoms with Crippen LogP contribution in [0.1, 0.15) is 31.9 Å². The summed E-state index contributed by atoms with van der Waals surface area (Å²) in [5, 5.41) is 0. The van der Waals surface area contributed by atoms with Crippen LogP contribution in [0.4, 0.5) is 5.95 Å². The molecule has 0 unspecified atom stereocenters.